The molecule has 2 aromatic rings. The van der Waals surface area contributed by atoms with E-state index in [0.717, 1.165) is 0 Å². The number of esters is 1. The summed E-state index contributed by atoms with van der Waals surface area (Å²) in [6, 6.07) is -2.61. The van der Waals surface area contributed by atoms with Gasteiger partial charge in [0, 0.05) is 12.0 Å². The summed E-state index contributed by atoms with van der Waals surface area (Å²) in [5, 5.41) is 9.96. The lowest BCUT2D eigenvalue weighted by Crippen LogP contribution is -2.20. The molecule has 1 aliphatic rings. The van der Waals surface area contributed by atoms with Gasteiger partial charge in [-0.05, 0) is 48.1 Å². The van der Waals surface area contributed by atoms with Crippen LogP contribution < -0.4 is 9.47 Å². The molecular formula is C20H22O5. The summed E-state index contributed by atoms with van der Waals surface area (Å²) in [7, 11) is 2.58. The molecule has 0 saturated carbocycles. The van der Waals surface area contributed by atoms with Gasteiger partial charge in [-0.2, -0.15) is 0 Å². The third kappa shape index (κ3) is 4.05. The van der Waals surface area contributed by atoms with Crippen LogP contribution in [0.4, 0.5) is 0 Å². The number of benzene rings is 2. The van der Waals surface area contributed by atoms with E-state index in [-0.39, 0.29) is 66.2 Å². The van der Waals surface area contributed by atoms with Gasteiger partial charge in [-0.25, -0.2) is 0 Å². The monoisotopic (exact) mass is 349 g/mol. The molecule has 0 amide bonds. The van der Waals surface area contributed by atoms with E-state index < -0.39 is 41.7 Å². The second kappa shape index (κ2) is 7.47. The van der Waals surface area contributed by atoms with Crippen LogP contribution in [-0.2, 0) is 22.4 Å². The van der Waals surface area contributed by atoms with Gasteiger partial charge in [0.05, 0.1) is 36.3 Å². The Morgan fingerprint density at radius 2 is 1.84 bits per heavy atom. The van der Waals surface area contributed by atoms with E-state index in [1.54, 1.807) is 0 Å². The van der Waals surface area contributed by atoms with Crippen molar-refractivity contribution >= 4 is 5.97 Å². The van der Waals surface area contributed by atoms with E-state index in [1.165, 1.54) is 14.2 Å². The largest absolute Gasteiger partial charge is 0.508 e. The number of hydrogen-bond donors (Lipinski definition) is 1. The molecule has 5 heteroatoms. The molecule has 1 aliphatic heterocycles. The standard InChI is InChI=1S/C20H22O5/c1-23-17-8-14(9-18(11-17)24-2)10-19-15(12-25-20(19)22)6-13-4-3-5-16(21)7-13/h3-5,7-9,11,15,19,21H,6,10,12H2,1-2H3/t15-,19+/m0/s1/i3D,4D,5D,7D,8D,9D,11D. The fourth-order valence-corrected chi connectivity index (χ4v) is 2.79. The van der Waals surface area contributed by atoms with Crippen molar-refractivity contribution in [2.45, 2.75) is 12.8 Å². The van der Waals surface area contributed by atoms with Gasteiger partial charge in [-0.15, -0.1) is 0 Å². The summed E-state index contributed by atoms with van der Waals surface area (Å²) in [5.41, 5.74) is 0.150. The van der Waals surface area contributed by atoms with Gasteiger partial charge in [-0.3, -0.25) is 4.79 Å². The number of rotatable bonds is 6. The molecule has 1 fully saturated rings. The van der Waals surface area contributed by atoms with E-state index in [1.807, 2.05) is 0 Å². The summed E-state index contributed by atoms with van der Waals surface area (Å²) in [6.07, 6.45) is -0.135. The Kier molecular flexibility index (Phi) is 3.09. The zero-order valence-electron chi connectivity index (χ0n) is 20.9. The van der Waals surface area contributed by atoms with Crippen LogP contribution in [0.3, 0.4) is 0 Å². The van der Waals surface area contributed by atoms with E-state index >= 15 is 0 Å². The maximum atomic E-state index is 12.5. The molecule has 132 valence electrons. The Hall–Kier alpha value is -2.69. The normalized spacial score (nSPS) is 23.4. The van der Waals surface area contributed by atoms with E-state index in [2.05, 4.69) is 0 Å². The van der Waals surface area contributed by atoms with Crippen molar-refractivity contribution in [3.05, 3.63) is 53.4 Å². The molecule has 0 unspecified atom stereocenters. The first-order chi connectivity index (χ1) is 15.0. The Morgan fingerprint density at radius 3 is 2.52 bits per heavy atom. The lowest BCUT2D eigenvalue weighted by Gasteiger charge is -2.16. The van der Waals surface area contributed by atoms with Gasteiger partial charge >= 0.3 is 5.97 Å². The fourth-order valence-electron chi connectivity index (χ4n) is 2.79. The predicted octanol–water partition coefficient (Wildman–Crippen LogP) is 2.98. The number of hydrogen-bond acceptors (Lipinski definition) is 5. The Morgan fingerprint density at radius 1 is 1.12 bits per heavy atom. The highest BCUT2D eigenvalue weighted by Gasteiger charge is 2.37. The minimum Gasteiger partial charge on any atom is -0.508 e. The van der Waals surface area contributed by atoms with Crippen molar-refractivity contribution in [2.75, 3.05) is 20.8 Å². The van der Waals surface area contributed by atoms with E-state index in [9.17, 15) is 9.90 Å². The van der Waals surface area contributed by atoms with Crippen LogP contribution in [0.5, 0.6) is 17.2 Å². The molecular weight excluding hydrogens is 320 g/mol. The number of ether oxygens (including phenoxy) is 3. The highest BCUT2D eigenvalue weighted by molar-refractivity contribution is 5.75. The topological polar surface area (TPSA) is 65.0 Å². The first kappa shape index (κ1) is 10.3. The summed E-state index contributed by atoms with van der Waals surface area (Å²) in [6.45, 7) is -0.0371. The van der Waals surface area contributed by atoms with Gasteiger partial charge in [0.1, 0.15) is 17.2 Å². The minimum atomic E-state index is -0.833. The second-order valence-corrected chi connectivity index (χ2v) is 5.65. The average Bonchev–Trinajstić information content (AvgIpc) is 3.11. The number of phenolic OH excluding ortho intramolecular Hbond substituents is 1. The van der Waals surface area contributed by atoms with Gasteiger partial charge in [0.15, 0.2) is 0 Å². The molecule has 0 aliphatic carbocycles. The third-order valence-corrected chi connectivity index (χ3v) is 4.03. The highest BCUT2D eigenvalue weighted by atomic mass is 16.5. The Bertz CT molecular complexity index is 1030. The molecule has 3 rings (SSSR count). The summed E-state index contributed by atoms with van der Waals surface area (Å²) in [5.74, 6) is -2.85. The number of carbonyl (C=O) groups excluding carboxylic acids is 1. The van der Waals surface area contributed by atoms with Crippen LogP contribution >= 0.6 is 0 Å². The van der Waals surface area contributed by atoms with Crippen molar-refractivity contribution in [3.8, 4) is 17.2 Å². The molecule has 0 aromatic heterocycles. The number of phenols is 1. The molecule has 0 radical (unpaired) electrons. The predicted molar refractivity (Wildman–Crippen MR) is 93.0 cm³/mol. The molecule has 0 bridgehead atoms. The van der Waals surface area contributed by atoms with Crippen LogP contribution in [0.2, 0.25) is 0 Å². The minimum absolute atomic E-state index is 0.0191. The number of methoxy groups -OCH3 is 2. The van der Waals surface area contributed by atoms with Crippen LogP contribution in [0.1, 0.15) is 20.7 Å². The average molecular weight is 349 g/mol. The number of cyclic esters (lactones) is 1. The number of carbonyl (C=O) groups is 1. The Labute approximate surface area is 157 Å². The summed E-state index contributed by atoms with van der Waals surface area (Å²) < 4.78 is 71.8. The molecule has 2 atom stereocenters. The van der Waals surface area contributed by atoms with Crippen molar-refractivity contribution in [1.82, 2.24) is 0 Å². The van der Waals surface area contributed by atoms with Crippen LogP contribution in [0.25, 0.3) is 0 Å². The van der Waals surface area contributed by atoms with Crippen molar-refractivity contribution in [1.29, 1.82) is 0 Å². The summed E-state index contributed by atoms with van der Waals surface area (Å²) in [4.78, 5) is 12.5. The molecule has 1 N–H and O–H groups in total. The Balaban J connectivity index is 2.01. The molecule has 2 aromatic carbocycles. The highest BCUT2D eigenvalue weighted by Crippen LogP contribution is 2.32. The van der Waals surface area contributed by atoms with Crippen LogP contribution in [-0.4, -0.2) is 31.9 Å². The van der Waals surface area contributed by atoms with Gasteiger partial charge in [0.25, 0.3) is 0 Å². The fraction of sp³-hybridized carbons (Fsp3) is 0.350. The quantitative estimate of drug-likeness (QED) is 0.812. The van der Waals surface area contributed by atoms with Gasteiger partial charge < -0.3 is 19.3 Å². The van der Waals surface area contributed by atoms with Crippen LogP contribution in [0, 0.1) is 11.8 Å². The van der Waals surface area contributed by atoms with Crippen molar-refractivity contribution in [2.24, 2.45) is 11.8 Å². The van der Waals surface area contributed by atoms with E-state index in [0.29, 0.717) is 0 Å². The van der Waals surface area contributed by atoms with Gasteiger partial charge in [-0.1, -0.05) is 12.1 Å². The maximum absolute atomic E-state index is 12.5. The molecule has 1 saturated heterocycles. The second-order valence-electron chi connectivity index (χ2n) is 5.65. The van der Waals surface area contributed by atoms with E-state index in [4.69, 9.17) is 23.8 Å². The SMILES string of the molecule is [2H]c1c([2H])c(O)c([2H])c(C[C@H]2COC(=O)[C@@H]2Cc2c([2H])c(OC)c([2H])c(OC)c2[2H])c1[2H]. The summed E-state index contributed by atoms with van der Waals surface area (Å²) >= 11 is 0. The lowest BCUT2D eigenvalue weighted by molar-refractivity contribution is -0.141. The molecule has 1 heterocycles. The smallest absolute Gasteiger partial charge is 0.309 e. The molecule has 0 spiro atoms. The zero-order valence-corrected chi connectivity index (χ0v) is 13.9. The maximum Gasteiger partial charge on any atom is 0.309 e. The zero-order chi connectivity index (χ0) is 23.9. The van der Waals surface area contributed by atoms with Crippen molar-refractivity contribution in [3.63, 3.8) is 0 Å². The number of aromatic hydroxyl groups is 1. The first-order valence-electron chi connectivity index (χ1n) is 11.2. The van der Waals surface area contributed by atoms with Crippen LogP contribution in [0.15, 0.2) is 42.3 Å². The first-order valence-corrected chi connectivity index (χ1v) is 7.70. The van der Waals surface area contributed by atoms with Crippen molar-refractivity contribution < 1.29 is 33.7 Å². The molecule has 5 nitrogen and oxygen atoms in total. The lowest BCUT2D eigenvalue weighted by atomic mass is 9.85. The van der Waals surface area contributed by atoms with Gasteiger partial charge in [0.2, 0.25) is 0 Å². The molecule has 25 heavy (non-hydrogen) atoms. The third-order valence-electron chi connectivity index (χ3n) is 4.03.